The van der Waals surface area contributed by atoms with Crippen LogP contribution in [0, 0.1) is 12.3 Å². The van der Waals surface area contributed by atoms with E-state index in [0.717, 1.165) is 56.1 Å². The molecule has 7 nitrogen and oxygen atoms in total. The summed E-state index contributed by atoms with van der Waals surface area (Å²) < 4.78 is 33.3. The number of likely N-dealkylation sites (tertiary alicyclic amines) is 1. The Morgan fingerprint density at radius 3 is 2.48 bits per heavy atom. The molecule has 5 rings (SSSR count). The molecule has 3 heterocycles. The summed E-state index contributed by atoms with van der Waals surface area (Å²) >= 11 is 0. The highest BCUT2D eigenvalue weighted by Gasteiger charge is 2.51. The molecular formula is C21H28N4O3S. The molecule has 1 spiro atoms. The van der Waals surface area contributed by atoms with E-state index in [-0.39, 0.29) is 11.3 Å². The molecule has 8 heteroatoms. The molecule has 2 saturated heterocycles. The highest BCUT2D eigenvalue weighted by atomic mass is 32.2. The highest BCUT2D eigenvalue weighted by Crippen LogP contribution is 2.50. The van der Waals surface area contributed by atoms with E-state index in [2.05, 4.69) is 17.1 Å². The predicted octanol–water partition coefficient (Wildman–Crippen LogP) is 2.76. The molecule has 2 aliphatic heterocycles. The van der Waals surface area contributed by atoms with Gasteiger partial charge in [0.25, 0.3) is 0 Å². The number of likely N-dealkylation sites (N-methyl/N-ethyl adjacent to an activating group) is 1. The van der Waals surface area contributed by atoms with Crippen molar-refractivity contribution in [2.45, 2.75) is 49.3 Å². The van der Waals surface area contributed by atoms with Crippen LogP contribution in [-0.4, -0.2) is 61.0 Å². The number of hydrogen-bond acceptors (Lipinski definition) is 6. The van der Waals surface area contributed by atoms with E-state index in [1.54, 1.807) is 16.4 Å². The first kappa shape index (κ1) is 19.2. The van der Waals surface area contributed by atoms with Crippen LogP contribution < -0.4 is 0 Å². The summed E-state index contributed by atoms with van der Waals surface area (Å²) in [6, 6.07) is 7.13. The van der Waals surface area contributed by atoms with Crippen molar-refractivity contribution in [3.63, 3.8) is 0 Å². The van der Waals surface area contributed by atoms with Crippen molar-refractivity contribution >= 4 is 10.0 Å². The van der Waals surface area contributed by atoms with E-state index in [4.69, 9.17) is 9.51 Å². The van der Waals surface area contributed by atoms with Crippen LogP contribution in [0.1, 0.15) is 54.8 Å². The molecule has 0 bridgehead atoms. The fourth-order valence-electron chi connectivity index (χ4n) is 5.00. The van der Waals surface area contributed by atoms with Crippen molar-refractivity contribution in [2.75, 3.05) is 33.2 Å². The quantitative estimate of drug-likeness (QED) is 0.763. The normalized spacial score (nSPS) is 25.7. The average molecular weight is 417 g/mol. The van der Waals surface area contributed by atoms with Crippen LogP contribution in [0.5, 0.6) is 0 Å². The second-order valence-corrected chi connectivity index (χ2v) is 11.0. The number of aryl methyl sites for hydroxylation is 1. The van der Waals surface area contributed by atoms with Crippen LogP contribution >= 0.6 is 0 Å². The number of sulfonamides is 1. The number of benzene rings is 1. The van der Waals surface area contributed by atoms with Crippen LogP contribution in [0.15, 0.2) is 33.7 Å². The minimum absolute atomic E-state index is 0.0126. The molecule has 1 aromatic heterocycles. The Morgan fingerprint density at radius 1 is 1.14 bits per heavy atom. The van der Waals surface area contributed by atoms with Gasteiger partial charge in [0, 0.05) is 38.0 Å². The van der Waals surface area contributed by atoms with Crippen molar-refractivity contribution in [1.29, 1.82) is 0 Å². The summed E-state index contributed by atoms with van der Waals surface area (Å²) in [5.74, 6) is 2.25. The molecule has 3 aliphatic rings. The lowest BCUT2D eigenvalue weighted by atomic mass is 9.71. The molecule has 2 aromatic rings. The van der Waals surface area contributed by atoms with Gasteiger partial charge in [-0.3, -0.25) is 0 Å². The van der Waals surface area contributed by atoms with Crippen molar-refractivity contribution in [2.24, 2.45) is 5.41 Å². The summed E-state index contributed by atoms with van der Waals surface area (Å²) in [5, 5.41) is 4.32. The number of aromatic nitrogens is 2. The van der Waals surface area contributed by atoms with Gasteiger partial charge in [-0.2, -0.15) is 9.29 Å². The first-order chi connectivity index (χ1) is 13.9. The molecule has 156 valence electrons. The standard InChI is InChI=1S/C21H28N4O3S/c1-15-3-7-17(8-4-15)29(26,27)25-11-9-21(10-12-25)14-24(2)13-18(21)19-22-20(28-23-19)16-5-6-16/h3-4,7-8,16,18H,5-6,9-14H2,1-2H3/t18-/m0/s1. The van der Waals surface area contributed by atoms with E-state index in [0.29, 0.717) is 23.9 Å². The number of hydrogen-bond donors (Lipinski definition) is 0. The van der Waals surface area contributed by atoms with Gasteiger partial charge < -0.3 is 9.42 Å². The second-order valence-electron chi connectivity index (χ2n) is 9.09. The van der Waals surface area contributed by atoms with Crippen LogP contribution in [0.3, 0.4) is 0 Å². The number of rotatable bonds is 4. The maximum absolute atomic E-state index is 13.1. The van der Waals surface area contributed by atoms with E-state index < -0.39 is 10.0 Å². The van der Waals surface area contributed by atoms with Crippen molar-refractivity contribution < 1.29 is 12.9 Å². The first-order valence-electron chi connectivity index (χ1n) is 10.5. The maximum Gasteiger partial charge on any atom is 0.243 e. The molecule has 0 N–H and O–H groups in total. The van der Waals surface area contributed by atoms with Crippen molar-refractivity contribution in [1.82, 2.24) is 19.3 Å². The van der Waals surface area contributed by atoms with Gasteiger partial charge in [0.05, 0.1) is 4.90 Å². The zero-order valence-electron chi connectivity index (χ0n) is 17.0. The summed E-state index contributed by atoms with van der Waals surface area (Å²) in [7, 11) is -1.33. The molecule has 1 saturated carbocycles. The lowest BCUT2D eigenvalue weighted by Crippen LogP contribution is -2.46. The third-order valence-electron chi connectivity index (χ3n) is 6.89. The SMILES string of the molecule is Cc1ccc(S(=O)(=O)N2CCC3(CC2)CN(C)C[C@H]3c2noc(C3CC3)n2)cc1. The molecular weight excluding hydrogens is 388 g/mol. The van der Waals surface area contributed by atoms with E-state index in [1.807, 2.05) is 19.1 Å². The molecule has 1 aromatic carbocycles. The predicted molar refractivity (Wildman–Crippen MR) is 108 cm³/mol. The van der Waals surface area contributed by atoms with Crippen LogP contribution in [0.4, 0.5) is 0 Å². The zero-order valence-corrected chi connectivity index (χ0v) is 17.9. The second kappa shape index (κ2) is 6.89. The van der Waals surface area contributed by atoms with E-state index in [1.165, 1.54) is 0 Å². The minimum atomic E-state index is -3.45. The van der Waals surface area contributed by atoms with Crippen LogP contribution in [0.2, 0.25) is 0 Å². The van der Waals surface area contributed by atoms with Crippen molar-refractivity contribution in [3.8, 4) is 0 Å². The minimum Gasteiger partial charge on any atom is -0.339 e. The van der Waals surface area contributed by atoms with Gasteiger partial charge in [0.1, 0.15) is 0 Å². The van der Waals surface area contributed by atoms with E-state index in [9.17, 15) is 8.42 Å². The summed E-state index contributed by atoms with van der Waals surface area (Å²) in [6.07, 6.45) is 3.92. The topological polar surface area (TPSA) is 79.5 Å². The Bertz CT molecular complexity index is 989. The van der Waals surface area contributed by atoms with Gasteiger partial charge in [0.15, 0.2) is 5.82 Å². The average Bonchev–Trinajstić information content (AvgIpc) is 3.35. The molecule has 0 unspecified atom stereocenters. The Kier molecular flexibility index (Phi) is 4.56. The Labute approximate surface area is 172 Å². The van der Waals surface area contributed by atoms with E-state index >= 15 is 0 Å². The third kappa shape index (κ3) is 3.41. The fraction of sp³-hybridized carbons (Fsp3) is 0.619. The zero-order chi connectivity index (χ0) is 20.2. The van der Waals surface area contributed by atoms with Gasteiger partial charge in [-0.15, -0.1) is 0 Å². The fourth-order valence-corrected chi connectivity index (χ4v) is 6.44. The molecule has 1 atom stereocenters. The summed E-state index contributed by atoms with van der Waals surface area (Å²) in [6.45, 7) is 4.88. The molecule has 0 amide bonds. The highest BCUT2D eigenvalue weighted by molar-refractivity contribution is 7.89. The molecule has 0 radical (unpaired) electrons. The maximum atomic E-state index is 13.1. The third-order valence-corrected chi connectivity index (χ3v) is 8.80. The number of nitrogens with zero attached hydrogens (tertiary/aromatic N) is 4. The smallest absolute Gasteiger partial charge is 0.243 e. The lowest BCUT2D eigenvalue weighted by molar-refractivity contribution is 0.141. The largest absolute Gasteiger partial charge is 0.339 e. The summed E-state index contributed by atoms with van der Waals surface area (Å²) in [4.78, 5) is 7.43. The van der Waals surface area contributed by atoms with Crippen LogP contribution in [0.25, 0.3) is 0 Å². The van der Waals surface area contributed by atoms with Gasteiger partial charge >= 0.3 is 0 Å². The lowest BCUT2D eigenvalue weighted by Gasteiger charge is -2.41. The molecule has 3 fully saturated rings. The van der Waals surface area contributed by atoms with Gasteiger partial charge in [-0.05, 0) is 57.2 Å². The van der Waals surface area contributed by atoms with Gasteiger partial charge in [-0.1, -0.05) is 22.9 Å². The first-order valence-corrected chi connectivity index (χ1v) is 11.9. The van der Waals surface area contributed by atoms with Gasteiger partial charge in [0.2, 0.25) is 15.9 Å². The molecule has 29 heavy (non-hydrogen) atoms. The van der Waals surface area contributed by atoms with Gasteiger partial charge in [-0.25, -0.2) is 8.42 Å². The Balaban J connectivity index is 1.35. The van der Waals surface area contributed by atoms with Crippen molar-refractivity contribution in [3.05, 3.63) is 41.5 Å². The Hall–Kier alpha value is -1.77. The summed E-state index contributed by atoms with van der Waals surface area (Å²) in [5.41, 5.74) is 1.07. The molecule has 1 aliphatic carbocycles. The number of piperidine rings is 1. The monoisotopic (exact) mass is 416 g/mol. The Morgan fingerprint density at radius 2 is 1.83 bits per heavy atom. The van der Waals surface area contributed by atoms with Crippen LogP contribution in [-0.2, 0) is 10.0 Å².